The van der Waals surface area contributed by atoms with Crippen molar-refractivity contribution in [3.05, 3.63) is 160 Å². The van der Waals surface area contributed by atoms with Crippen LogP contribution in [0.2, 0.25) is 0 Å². The van der Waals surface area contributed by atoms with Crippen LogP contribution in [0.25, 0.3) is 21.3 Å². The van der Waals surface area contributed by atoms with Crippen LogP contribution in [-0.2, 0) is 19.8 Å². The Kier molecular flexibility index (Phi) is 10.3. The van der Waals surface area contributed by atoms with Crippen LogP contribution < -0.4 is 4.98 Å². The third kappa shape index (κ3) is 7.82. The quantitative estimate of drug-likeness (QED) is 0.369. The Morgan fingerprint density at radius 1 is 0.500 bits per heavy atom. The minimum Gasteiger partial charge on any atom is -0.665 e. The molecule has 6 nitrogen and oxygen atoms in total. The van der Waals surface area contributed by atoms with E-state index >= 15 is 0 Å². The second kappa shape index (κ2) is 13.6. The van der Waals surface area contributed by atoms with Crippen molar-refractivity contribution in [3.8, 4) is 0 Å². The first-order chi connectivity index (χ1) is 14.4. The smallest absolute Gasteiger partial charge is 0.665 e. The van der Waals surface area contributed by atoms with Gasteiger partial charge in [0.1, 0.15) is 0 Å². The van der Waals surface area contributed by atoms with Gasteiger partial charge in [-0.1, -0.05) is 91.6 Å². The molecule has 0 amide bonds. The summed E-state index contributed by atoms with van der Waals surface area (Å²) in [6, 6.07) is 0. The first-order valence-electron chi connectivity index (χ1n) is 8.95. The zero-order valence-electron chi connectivity index (χ0n) is 16.0. The average Bonchev–Trinajstić information content (AvgIpc) is 3.42. The van der Waals surface area contributed by atoms with Crippen LogP contribution in [0.15, 0.2) is 139 Å². The SMILES string of the molecule is C1=C[N-]C(=C2C=CC=C[N-]2)C=C1.C1=C[N-]C(=C2C=CC=C[N-]2)C=C1.[Os+7].c1c[n-]cn1. The maximum atomic E-state index is 4.19. The van der Waals surface area contributed by atoms with Crippen molar-refractivity contribution in [2.75, 3.05) is 0 Å². The number of aromatic nitrogens is 2. The van der Waals surface area contributed by atoms with Gasteiger partial charge in [-0.05, 0) is 0 Å². The molecule has 4 aliphatic rings. The van der Waals surface area contributed by atoms with Crippen molar-refractivity contribution >= 4 is 0 Å². The van der Waals surface area contributed by atoms with Crippen molar-refractivity contribution in [1.82, 2.24) is 9.97 Å². The summed E-state index contributed by atoms with van der Waals surface area (Å²) in [6.07, 6.45) is 35.0. The van der Waals surface area contributed by atoms with E-state index in [4.69, 9.17) is 0 Å². The van der Waals surface area contributed by atoms with E-state index in [-0.39, 0.29) is 19.8 Å². The van der Waals surface area contributed by atoms with Gasteiger partial charge >= 0.3 is 19.8 Å². The maximum Gasteiger partial charge on any atom is 7.00 e. The molecule has 4 aliphatic heterocycles. The molecule has 5 heterocycles. The molecule has 147 valence electrons. The van der Waals surface area contributed by atoms with E-state index in [0.717, 1.165) is 22.8 Å². The summed E-state index contributed by atoms with van der Waals surface area (Å²) in [4.78, 5) is 7.22. The van der Waals surface area contributed by atoms with Crippen molar-refractivity contribution in [3.63, 3.8) is 0 Å². The fourth-order valence-electron chi connectivity index (χ4n) is 2.25. The van der Waals surface area contributed by atoms with E-state index in [1.165, 1.54) is 6.33 Å². The van der Waals surface area contributed by atoms with Crippen molar-refractivity contribution in [2.24, 2.45) is 0 Å². The van der Waals surface area contributed by atoms with E-state index in [0.29, 0.717) is 0 Å². The van der Waals surface area contributed by atoms with Gasteiger partial charge in [0, 0.05) is 0 Å². The van der Waals surface area contributed by atoms with Crippen molar-refractivity contribution in [2.45, 2.75) is 0 Å². The number of hydrogen-bond acceptors (Lipinski definition) is 1. The van der Waals surface area contributed by atoms with Crippen LogP contribution in [0.5, 0.6) is 0 Å². The summed E-state index contributed by atoms with van der Waals surface area (Å²) in [6.45, 7) is 0. The second-order valence-electron chi connectivity index (χ2n) is 5.57. The van der Waals surface area contributed by atoms with Gasteiger partial charge in [-0.3, -0.25) is 0 Å². The molecule has 1 radical (unpaired) electrons. The van der Waals surface area contributed by atoms with E-state index in [2.05, 4.69) is 31.2 Å². The first-order valence-corrected chi connectivity index (χ1v) is 8.95. The number of rotatable bonds is 0. The van der Waals surface area contributed by atoms with Gasteiger partial charge in [-0.2, -0.15) is 47.6 Å². The molecule has 0 saturated carbocycles. The normalized spacial score (nSPS) is 21.6. The Bertz CT molecular complexity index is 807. The minimum atomic E-state index is 0. The van der Waals surface area contributed by atoms with Crippen LogP contribution in [0, 0.1) is 0 Å². The van der Waals surface area contributed by atoms with Gasteiger partial charge in [-0.25, -0.2) is 0 Å². The third-order valence-electron chi connectivity index (χ3n) is 3.56. The molecule has 1 aromatic heterocycles. The van der Waals surface area contributed by atoms with Crippen molar-refractivity contribution < 1.29 is 19.8 Å². The monoisotopic (exact) mass is 571 g/mol. The van der Waals surface area contributed by atoms with Gasteiger partial charge in [0.15, 0.2) is 0 Å². The number of hydrogen-bond donors (Lipinski definition) is 0. The summed E-state index contributed by atoms with van der Waals surface area (Å²) in [5, 5.41) is 16.7. The summed E-state index contributed by atoms with van der Waals surface area (Å²) in [7, 11) is 0. The van der Waals surface area contributed by atoms with E-state index in [1.54, 1.807) is 37.2 Å². The van der Waals surface area contributed by atoms with Crippen LogP contribution in [0.3, 0.4) is 0 Å². The molecule has 0 atom stereocenters. The Morgan fingerprint density at radius 2 is 0.867 bits per heavy atom. The second-order valence-corrected chi connectivity index (χ2v) is 5.57. The summed E-state index contributed by atoms with van der Waals surface area (Å²) in [5.41, 5.74) is 3.66. The van der Waals surface area contributed by atoms with E-state index < -0.39 is 0 Å². The van der Waals surface area contributed by atoms with Crippen LogP contribution in [-0.4, -0.2) is 4.98 Å². The van der Waals surface area contributed by atoms with Crippen LogP contribution in [0.1, 0.15) is 0 Å². The predicted molar refractivity (Wildman–Crippen MR) is 118 cm³/mol. The number of nitrogens with zero attached hydrogens (tertiary/aromatic N) is 6. The standard InChI is InChI=1S/2C10H8N2.C3H3N2.Os/c2*1-3-7-11-9(5-1)10-6-2-4-8-12-10;1-2-5-3-4-1;/h2*1-8H;1-3H;/q2*-2;-1;+7. The van der Waals surface area contributed by atoms with Crippen molar-refractivity contribution in [1.29, 1.82) is 0 Å². The van der Waals surface area contributed by atoms with Gasteiger partial charge in [-0.15, -0.1) is 0 Å². The average molecular weight is 570 g/mol. The van der Waals surface area contributed by atoms with Gasteiger partial charge in [0.05, 0.1) is 0 Å². The Balaban J connectivity index is 0.000000170. The number of allylic oxidation sites excluding steroid dienone is 12. The molecule has 0 bridgehead atoms. The van der Waals surface area contributed by atoms with Crippen LogP contribution >= 0.6 is 0 Å². The van der Waals surface area contributed by atoms with E-state index in [9.17, 15) is 0 Å². The minimum absolute atomic E-state index is 0. The first kappa shape index (κ1) is 22.7. The molecule has 0 saturated heterocycles. The van der Waals surface area contributed by atoms with Crippen LogP contribution in [0.4, 0.5) is 0 Å². The van der Waals surface area contributed by atoms with E-state index in [1.807, 2.05) is 72.9 Å². The Morgan fingerprint density at radius 3 is 1.03 bits per heavy atom. The molecule has 7 heteroatoms. The molecular formula is C23H19N6Os+2. The molecule has 0 fully saturated rings. The largest absolute Gasteiger partial charge is 7.00 e. The molecule has 0 N–H and O–H groups in total. The zero-order chi connectivity index (χ0) is 20.0. The number of imidazole rings is 1. The Labute approximate surface area is 190 Å². The maximum absolute atomic E-state index is 4.19. The predicted octanol–water partition coefficient (Wildman–Crippen LogP) is 6.26. The summed E-state index contributed by atoms with van der Waals surface area (Å²) in [5.74, 6) is 0. The summed E-state index contributed by atoms with van der Waals surface area (Å²) >= 11 is 0. The molecule has 5 rings (SSSR count). The van der Waals surface area contributed by atoms with Gasteiger partial charge in [0.2, 0.25) is 0 Å². The fraction of sp³-hybridized carbons (Fsp3) is 0. The molecular weight excluding hydrogens is 551 g/mol. The molecule has 0 aromatic carbocycles. The third-order valence-corrected chi connectivity index (χ3v) is 3.56. The molecule has 0 unspecified atom stereocenters. The fourth-order valence-corrected chi connectivity index (χ4v) is 2.25. The molecule has 30 heavy (non-hydrogen) atoms. The molecule has 0 spiro atoms. The van der Waals surface area contributed by atoms with Gasteiger partial charge < -0.3 is 31.2 Å². The van der Waals surface area contributed by atoms with Gasteiger partial charge in [0.25, 0.3) is 0 Å². The molecule has 1 aromatic rings. The summed E-state index contributed by atoms with van der Waals surface area (Å²) < 4.78 is 0. The topological polar surface area (TPSA) is 83.4 Å². The Hall–Kier alpha value is -3.55. The zero-order valence-corrected chi connectivity index (χ0v) is 18.5. The molecule has 0 aliphatic carbocycles.